The molecule has 100 valence electrons. The standard InChI is InChI=1S/C14H20ClFN2/c1-9(2)12-8-18(10(3)7-17-12)13-6-4-5-11(15)14(13)16/h4-6,9-10,12,17H,7-8H2,1-3H3. The molecule has 2 rings (SSSR count). The second kappa shape index (κ2) is 5.45. The molecule has 1 fully saturated rings. The maximum atomic E-state index is 14.1. The van der Waals surface area contributed by atoms with Gasteiger partial charge in [0.15, 0.2) is 5.82 Å². The molecule has 4 heteroatoms. The second-order valence-corrected chi connectivity index (χ2v) is 5.74. The van der Waals surface area contributed by atoms with Crippen LogP contribution in [-0.2, 0) is 0 Å². The van der Waals surface area contributed by atoms with Crippen molar-refractivity contribution in [1.82, 2.24) is 5.32 Å². The number of halogens is 2. The molecular weight excluding hydrogens is 251 g/mol. The van der Waals surface area contributed by atoms with Crippen LogP contribution >= 0.6 is 11.6 Å². The van der Waals surface area contributed by atoms with Crippen LogP contribution in [0.15, 0.2) is 18.2 Å². The Morgan fingerprint density at radius 2 is 2.17 bits per heavy atom. The monoisotopic (exact) mass is 270 g/mol. The maximum Gasteiger partial charge on any atom is 0.165 e. The van der Waals surface area contributed by atoms with E-state index in [2.05, 4.69) is 31.0 Å². The van der Waals surface area contributed by atoms with E-state index in [1.54, 1.807) is 18.2 Å². The van der Waals surface area contributed by atoms with E-state index in [1.165, 1.54) is 0 Å². The molecule has 1 heterocycles. The van der Waals surface area contributed by atoms with Crippen LogP contribution in [0.2, 0.25) is 5.02 Å². The molecule has 1 aliphatic heterocycles. The van der Waals surface area contributed by atoms with E-state index in [0.29, 0.717) is 17.6 Å². The first-order valence-electron chi connectivity index (χ1n) is 6.44. The molecule has 0 aliphatic carbocycles. The number of hydrogen-bond acceptors (Lipinski definition) is 2. The van der Waals surface area contributed by atoms with Gasteiger partial charge in [0.2, 0.25) is 0 Å². The summed E-state index contributed by atoms with van der Waals surface area (Å²) in [5.41, 5.74) is 0.613. The van der Waals surface area contributed by atoms with Gasteiger partial charge in [-0.05, 0) is 25.0 Å². The van der Waals surface area contributed by atoms with Gasteiger partial charge in [-0.2, -0.15) is 0 Å². The summed E-state index contributed by atoms with van der Waals surface area (Å²) in [6, 6.07) is 5.86. The Balaban J connectivity index is 2.27. The number of piperazine rings is 1. The predicted molar refractivity (Wildman–Crippen MR) is 74.8 cm³/mol. The summed E-state index contributed by atoms with van der Waals surface area (Å²) in [5, 5.41) is 3.70. The van der Waals surface area contributed by atoms with Gasteiger partial charge in [-0.25, -0.2) is 4.39 Å². The highest BCUT2D eigenvalue weighted by atomic mass is 35.5. The molecule has 0 aromatic heterocycles. The van der Waals surface area contributed by atoms with Gasteiger partial charge in [-0.3, -0.25) is 0 Å². The number of hydrogen-bond donors (Lipinski definition) is 1. The topological polar surface area (TPSA) is 15.3 Å². The van der Waals surface area contributed by atoms with Gasteiger partial charge in [0, 0.05) is 25.2 Å². The van der Waals surface area contributed by atoms with Crippen LogP contribution in [0.5, 0.6) is 0 Å². The van der Waals surface area contributed by atoms with Gasteiger partial charge < -0.3 is 10.2 Å². The fourth-order valence-electron chi connectivity index (χ4n) is 2.39. The van der Waals surface area contributed by atoms with E-state index in [0.717, 1.165) is 13.1 Å². The average molecular weight is 271 g/mol. The average Bonchev–Trinajstić information content (AvgIpc) is 2.33. The van der Waals surface area contributed by atoms with E-state index < -0.39 is 0 Å². The molecule has 1 aromatic rings. The van der Waals surface area contributed by atoms with Crippen molar-refractivity contribution in [2.45, 2.75) is 32.9 Å². The Hall–Kier alpha value is -0.800. The third-order valence-electron chi connectivity index (χ3n) is 3.65. The molecule has 2 nitrogen and oxygen atoms in total. The summed E-state index contributed by atoms with van der Waals surface area (Å²) in [6.45, 7) is 8.15. The van der Waals surface area contributed by atoms with Crippen molar-refractivity contribution in [3.05, 3.63) is 29.0 Å². The molecule has 0 bridgehead atoms. The maximum absolute atomic E-state index is 14.1. The molecule has 1 N–H and O–H groups in total. The SMILES string of the molecule is CC(C)C1CN(c2cccc(Cl)c2F)C(C)CN1. The zero-order chi connectivity index (χ0) is 13.3. The van der Waals surface area contributed by atoms with Gasteiger partial charge in [-0.15, -0.1) is 0 Å². The fourth-order valence-corrected chi connectivity index (χ4v) is 2.55. The minimum absolute atomic E-state index is 0.194. The lowest BCUT2D eigenvalue weighted by molar-refractivity contribution is 0.335. The van der Waals surface area contributed by atoms with E-state index in [-0.39, 0.29) is 16.9 Å². The lowest BCUT2D eigenvalue weighted by Gasteiger charge is -2.42. The highest BCUT2D eigenvalue weighted by molar-refractivity contribution is 6.31. The van der Waals surface area contributed by atoms with Crippen LogP contribution in [0, 0.1) is 11.7 Å². The molecule has 0 saturated carbocycles. The Bertz CT molecular complexity index is 422. The molecule has 1 aliphatic rings. The number of nitrogens with one attached hydrogen (secondary N) is 1. The van der Waals surface area contributed by atoms with Crippen LogP contribution < -0.4 is 10.2 Å². The summed E-state index contributed by atoms with van der Waals surface area (Å²) >= 11 is 5.86. The fraction of sp³-hybridized carbons (Fsp3) is 0.571. The highest BCUT2D eigenvalue weighted by Gasteiger charge is 2.28. The molecule has 0 radical (unpaired) electrons. The van der Waals surface area contributed by atoms with Crippen molar-refractivity contribution < 1.29 is 4.39 Å². The highest BCUT2D eigenvalue weighted by Crippen LogP contribution is 2.28. The van der Waals surface area contributed by atoms with Crippen molar-refractivity contribution >= 4 is 17.3 Å². The smallest absolute Gasteiger partial charge is 0.165 e. The Morgan fingerprint density at radius 1 is 1.44 bits per heavy atom. The van der Waals surface area contributed by atoms with Gasteiger partial charge in [-0.1, -0.05) is 31.5 Å². The molecule has 2 unspecified atom stereocenters. The van der Waals surface area contributed by atoms with Crippen LogP contribution in [0.1, 0.15) is 20.8 Å². The predicted octanol–water partition coefficient (Wildman–Crippen LogP) is 3.30. The van der Waals surface area contributed by atoms with Crippen LogP contribution in [0.3, 0.4) is 0 Å². The van der Waals surface area contributed by atoms with E-state index >= 15 is 0 Å². The van der Waals surface area contributed by atoms with Crippen LogP contribution in [-0.4, -0.2) is 25.2 Å². The van der Waals surface area contributed by atoms with Gasteiger partial charge >= 0.3 is 0 Å². The van der Waals surface area contributed by atoms with Gasteiger partial charge in [0.25, 0.3) is 0 Å². The van der Waals surface area contributed by atoms with Gasteiger partial charge in [0.05, 0.1) is 10.7 Å². The first-order chi connectivity index (χ1) is 8.50. The summed E-state index contributed by atoms with van der Waals surface area (Å²) in [7, 11) is 0. The second-order valence-electron chi connectivity index (χ2n) is 5.33. The number of anilines is 1. The van der Waals surface area contributed by atoms with Crippen molar-refractivity contribution in [3.63, 3.8) is 0 Å². The lowest BCUT2D eigenvalue weighted by Crippen LogP contribution is -2.57. The zero-order valence-corrected chi connectivity index (χ0v) is 11.8. The largest absolute Gasteiger partial charge is 0.364 e. The van der Waals surface area contributed by atoms with Crippen molar-refractivity contribution in [2.75, 3.05) is 18.0 Å². The Kier molecular flexibility index (Phi) is 4.13. The van der Waals surface area contributed by atoms with Crippen molar-refractivity contribution in [3.8, 4) is 0 Å². The summed E-state index contributed by atoms with van der Waals surface area (Å²) in [4.78, 5) is 2.11. The summed E-state index contributed by atoms with van der Waals surface area (Å²) < 4.78 is 14.1. The van der Waals surface area contributed by atoms with Crippen molar-refractivity contribution in [2.24, 2.45) is 5.92 Å². The molecule has 1 saturated heterocycles. The van der Waals surface area contributed by atoms with Crippen LogP contribution in [0.25, 0.3) is 0 Å². The van der Waals surface area contributed by atoms with E-state index in [4.69, 9.17) is 11.6 Å². The third kappa shape index (κ3) is 2.62. The zero-order valence-electron chi connectivity index (χ0n) is 11.1. The number of nitrogens with zero attached hydrogens (tertiary/aromatic N) is 1. The first kappa shape index (κ1) is 13.6. The summed E-state index contributed by atoms with van der Waals surface area (Å²) in [5.74, 6) is 0.220. The van der Waals surface area contributed by atoms with Gasteiger partial charge in [0.1, 0.15) is 0 Å². The lowest BCUT2D eigenvalue weighted by atomic mass is 9.99. The molecule has 0 spiro atoms. The normalized spacial score (nSPS) is 24.7. The Labute approximate surface area is 113 Å². The minimum atomic E-state index is -0.310. The van der Waals surface area contributed by atoms with E-state index in [9.17, 15) is 4.39 Å². The quantitative estimate of drug-likeness (QED) is 0.887. The third-order valence-corrected chi connectivity index (χ3v) is 3.94. The molecular formula is C14H20ClFN2. The molecule has 2 atom stereocenters. The van der Waals surface area contributed by atoms with Crippen molar-refractivity contribution in [1.29, 1.82) is 0 Å². The molecule has 1 aromatic carbocycles. The molecule has 18 heavy (non-hydrogen) atoms. The summed E-state index contributed by atoms with van der Waals surface area (Å²) in [6.07, 6.45) is 0. The minimum Gasteiger partial charge on any atom is -0.364 e. The molecule has 0 amide bonds. The Morgan fingerprint density at radius 3 is 2.83 bits per heavy atom. The number of benzene rings is 1. The number of rotatable bonds is 2. The van der Waals surface area contributed by atoms with E-state index in [1.807, 2.05) is 0 Å². The van der Waals surface area contributed by atoms with Crippen LogP contribution in [0.4, 0.5) is 10.1 Å². The first-order valence-corrected chi connectivity index (χ1v) is 6.82.